The van der Waals surface area contributed by atoms with Gasteiger partial charge in [-0.25, -0.2) is 4.99 Å². The van der Waals surface area contributed by atoms with Gasteiger partial charge < -0.3 is 0 Å². The Morgan fingerprint density at radius 2 is 2.36 bits per heavy atom. The van der Waals surface area contributed by atoms with Gasteiger partial charge in [-0.05, 0) is 26.2 Å². The van der Waals surface area contributed by atoms with Crippen LogP contribution >= 0.6 is 0 Å². The van der Waals surface area contributed by atoms with Crippen LogP contribution in [0.25, 0.3) is 0 Å². The molecule has 0 atom stereocenters. The molecule has 0 spiro atoms. The standard InChI is InChI=1S/C9H13NO/c1-3-8-5-4-6-10-9(11)7(8)2/h6H,3-5H2,1-2H3. The van der Waals surface area contributed by atoms with Gasteiger partial charge in [0.2, 0.25) is 0 Å². The van der Waals surface area contributed by atoms with Crippen molar-refractivity contribution in [2.45, 2.75) is 33.1 Å². The highest BCUT2D eigenvalue weighted by Crippen LogP contribution is 2.17. The second kappa shape index (κ2) is 3.46. The minimum absolute atomic E-state index is 0.0562. The Hall–Kier alpha value is -0.920. The molecule has 1 aliphatic heterocycles. The maximum absolute atomic E-state index is 11.1. The topological polar surface area (TPSA) is 29.4 Å². The number of amides is 1. The first-order valence-corrected chi connectivity index (χ1v) is 4.01. The molecular weight excluding hydrogens is 138 g/mol. The summed E-state index contributed by atoms with van der Waals surface area (Å²) in [7, 11) is 0. The average Bonchev–Trinajstić information content (AvgIpc) is 2.16. The van der Waals surface area contributed by atoms with Crippen LogP contribution in [0, 0.1) is 0 Å². The van der Waals surface area contributed by atoms with Crippen LogP contribution in [-0.2, 0) is 4.79 Å². The summed E-state index contributed by atoms with van der Waals surface area (Å²) in [6, 6.07) is 0. The number of allylic oxidation sites excluding steroid dienone is 1. The van der Waals surface area contributed by atoms with Crippen LogP contribution in [0.5, 0.6) is 0 Å². The van der Waals surface area contributed by atoms with Crippen LogP contribution in [0.1, 0.15) is 33.1 Å². The third kappa shape index (κ3) is 1.76. The predicted octanol–water partition coefficient (Wildman–Crippen LogP) is 2.10. The monoisotopic (exact) mass is 151 g/mol. The molecule has 0 unspecified atom stereocenters. The summed E-state index contributed by atoms with van der Waals surface area (Å²) in [6.45, 7) is 3.95. The first-order valence-electron chi connectivity index (χ1n) is 4.01. The number of aliphatic imine (C=N–C) groups is 1. The lowest BCUT2D eigenvalue weighted by molar-refractivity contribution is -0.114. The second-order valence-electron chi connectivity index (χ2n) is 2.74. The van der Waals surface area contributed by atoms with Crippen molar-refractivity contribution in [3.8, 4) is 0 Å². The van der Waals surface area contributed by atoms with E-state index in [4.69, 9.17) is 0 Å². The Labute approximate surface area is 67.0 Å². The highest BCUT2D eigenvalue weighted by atomic mass is 16.1. The van der Waals surface area contributed by atoms with Crippen molar-refractivity contribution >= 4 is 12.1 Å². The van der Waals surface area contributed by atoms with Gasteiger partial charge in [0.05, 0.1) is 0 Å². The smallest absolute Gasteiger partial charge is 0.267 e. The van der Waals surface area contributed by atoms with E-state index in [1.54, 1.807) is 6.21 Å². The van der Waals surface area contributed by atoms with E-state index < -0.39 is 0 Å². The molecule has 1 heterocycles. The van der Waals surface area contributed by atoms with E-state index in [9.17, 15) is 4.79 Å². The van der Waals surface area contributed by atoms with E-state index in [-0.39, 0.29) is 5.91 Å². The molecule has 1 rings (SSSR count). The summed E-state index contributed by atoms with van der Waals surface area (Å²) in [5, 5.41) is 0. The van der Waals surface area contributed by atoms with E-state index >= 15 is 0 Å². The number of rotatable bonds is 1. The van der Waals surface area contributed by atoms with Gasteiger partial charge in [0, 0.05) is 11.8 Å². The van der Waals surface area contributed by atoms with Gasteiger partial charge >= 0.3 is 0 Å². The summed E-state index contributed by atoms with van der Waals surface area (Å²) in [5.74, 6) is -0.0562. The molecule has 11 heavy (non-hydrogen) atoms. The van der Waals surface area contributed by atoms with Gasteiger partial charge in [-0.15, -0.1) is 0 Å². The van der Waals surface area contributed by atoms with E-state index in [2.05, 4.69) is 11.9 Å². The Kier molecular flexibility index (Phi) is 2.58. The maximum Gasteiger partial charge on any atom is 0.272 e. The van der Waals surface area contributed by atoms with Gasteiger partial charge in [-0.2, -0.15) is 0 Å². The molecule has 1 amide bonds. The van der Waals surface area contributed by atoms with Crippen LogP contribution in [0.3, 0.4) is 0 Å². The van der Waals surface area contributed by atoms with Crippen LogP contribution in [-0.4, -0.2) is 12.1 Å². The first kappa shape index (κ1) is 8.18. The zero-order valence-electron chi connectivity index (χ0n) is 7.05. The summed E-state index contributed by atoms with van der Waals surface area (Å²) in [5.41, 5.74) is 2.11. The van der Waals surface area contributed by atoms with Gasteiger partial charge in [0.25, 0.3) is 5.91 Å². The van der Waals surface area contributed by atoms with Crippen molar-refractivity contribution in [2.75, 3.05) is 0 Å². The zero-order chi connectivity index (χ0) is 8.27. The number of hydrogen-bond donors (Lipinski definition) is 0. The zero-order valence-corrected chi connectivity index (χ0v) is 7.05. The maximum atomic E-state index is 11.1. The van der Waals surface area contributed by atoms with Gasteiger partial charge in [0.15, 0.2) is 0 Å². The van der Waals surface area contributed by atoms with Crippen LogP contribution in [0.2, 0.25) is 0 Å². The molecule has 0 saturated heterocycles. The number of nitrogens with zero attached hydrogens (tertiary/aromatic N) is 1. The van der Waals surface area contributed by atoms with E-state index in [0.29, 0.717) is 0 Å². The summed E-state index contributed by atoms with van der Waals surface area (Å²) in [6.07, 6.45) is 4.60. The minimum Gasteiger partial charge on any atom is -0.267 e. The highest BCUT2D eigenvalue weighted by Gasteiger charge is 2.09. The van der Waals surface area contributed by atoms with Crippen molar-refractivity contribution in [3.05, 3.63) is 11.1 Å². The molecule has 0 aromatic rings. The molecule has 2 heteroatoms. The largest absolute Gasteiger partial charge is 0.272 e. The summed E-state index contributed by atoms with van der Waals surface area (Å²) < 4.78 is 0. The molecule has 0 aromatic carbocycles. The molecule has 1 aliphatic rings. The van der Waals surface area contributed by atoms with Crippen LogP contribution < -0.4 is 0 Å². The van der Waals surface area contributed by atoms with Crippen molar-refractivity contribution < 1.29 is 4.79 Å². The van der Waals surface area contributed by atoms with Crippen LogP contribution in [0.4, 0.5) is 0 Å². The Morgan fingerprint density at radius 1 is 1.64 bits per heavy atom. The molecule has 0 aromatic heterocycles. The quantitative estimate of drug-likeness (QED) is 0.564. The summed E-state index contributed by atoms with van der Waals surface area (Å²) >= 11 is 0. The molecule has 0 aliphatic carbocycles. The third-order valence-electron chi connectivity index (χ3n) is 2.06. The molecule has 0 fully saturated rings. The summed E-state index contributed by atoms with van der Waals surface area (Å²) in [4.78, 5) is 14.9. The highest BCUT2D eigenvalue weighted by molar-refractivity contribution is 5.99. The minimum atomic E-state index is -0.0562. The number of carbonyl (C=O) groups excluding carboxylic acids is 1. The fourth-order valence-electron chi connectivity index (χ4n) is 1.26. The number of hydrogen-bond acceptors (Lipinski definition) is 1. The van der Waals surface area contributed by atoms with E-state index in [1.807, 2.05) is 6.92 Å². The third-order valence-corrected chi connectivity index (χ3v) is 2.06. The number of carbonyl (C=O) groups is 1. The van der Waals surface area contributed by atoms with Crippen molar-refractivity contribution in [2.24, 2.45) is 4.99 Å². The van der Waals surface area contributed by atoms with Crippen LogP contribution in [0.15, 0.2) is 16.1 Å². The molecule has 2 nitrogen and oxygen atoms in total. The SMILES string of the molecule is CCC1=C(C)C(=O)N=CCC1. The predicted molar refractivity (Wildman–Crippen MR) is 45.7 cm³/mol. The molecule has 0 saturated carbocycles. The van der Waals surface area contributed by atoms with Crippen molar-refractivity contribution in [3.63, 3.8) is 0 Å². The Balaban J connectivity index is 2.91. The fraction of sp³-hybridized carbons (Fsp3) is 0.556. The second-order valence-corrected chi connectivity index (χ2v) is 2.74. The van der Waals surface area contributed by atoms with Gasteiger partial charge in [-0.1, -0.05) is 12.5 Å². The molecule has 0 bridgehead atoms. The molecule has 0 N–H and O–H groups in total. The van der Waals surface area contributed by atoms with E-state index in [0.717, 1.165) is 24.8 Å². The van der Waals surface area contributed by atoms with Crippen molar-refractivity contribution in [1.82, 2.24) is 0 Å². The lowest BCUT2D eigenvalue weighted by Gasteiger charge is -2.02. The fourth-order valence-corrected chi connectivity index (χ4v) is 1.26. The Morgan fingerprint density at radius 3 is 3.00 bits per heavy atom. The van der Waals surface area contributed by atoms with E-state index in [1.165, 1.54) is 5.57 Å². The molecular formula is C9H13NO. The molecule has 0 radical (unpaired) electrons. The van der Waals surface area contributed by atoms with Gasteiger partial charge in [-0.3, -0.25) is 4.79 Å². The van der Waals surface area contributed by atoms with Crippen molar-refractivity contribution in [1.29, 1.82) is 0 Å². The normalized spacial score (nSPS) is 18.9. The van der Waals surface area contributed by atoms with Gasteiger partial charge in [0.1, 0.15) is 0 Å². The lowest BCUT2D eigenvalue weighted by Crippen LogP contribution is -1.96. The lowest BCUT2D eigenvalue weighted by atomic mass is 10.0. The molecule has 60 valence electrons. The average molecular weight is 151 g/mol. The first-order chi connectivity index (χ1) is 5.25. The Bertz CT molecular complexity index is 226.